The second-order valence-electron chi connectivity index (χ2n) is 12.4. The molecule has 0 saturated heterocycles. The molecular formula is C42H30Cl4N6O2. The van der Waals surface area contributed by atoms with Crippen LogP contribution in [0.3, 0.4) is 0 Å². The van der Waals surface area contributed by atoms with E-state index < -0.39 is 0 Å². The number of halogens is 4. The van der Waals surface area contributed by atoms with E-state index in [1.807, 2.05) is 91.9 Å². The van der Waals surface area contributed by atoms with Crippen LogP contribution < -0.4 is 10.6 Å². The first-order valence-electron chi connectivity index (χ1n) is 16.7. The number of aryl methyl sites for hydroxylation is 1. The Morgan fingerprint density at radius 1 is 0.574 bits per heavy atom. The van der Waals surface area contributed by atoms with Crippen molar-refractivity contribution >= 4 is 91.7 Å². The highest BCUT2D eigenvalue weighted by atomic mass is 35.5. The van der Waals surface area contributed by atoms with Gasteiger partial charge >= 0.3 is 0 Å². The number of anilines is 2. The molecule has 0 aliphatic carbocycles. The van der Waals surface area contributed by atoms with Gasteiger partial charge in [0.05, 0.1) is 59.7 Å². The number of imidazole rings is 2. The maximum Gasteiger partial charge on any atom is 0.255 e. The van der Waals surface area contributed by atoms with Crippen LogP contribution in [-0.4, -0.2) is 31.8 Å². The number of rotatable bonds is 7. The highest BCUT2D eigenvalue weighted by Gasteiger charge is 2.15. The molecule has 2 amide bonds. The molecule has 8 rings (SSSR count). The molecule has 0 unspecified atom stereocenters. The summed E-state index contributed by atoms with van der Waals surface area (Å²) >= 11 is 25.1. The summed E-state index contributed by atoms with van der Waals surface area (Å²) in [6, 6.07) is 38.7. The minimum absolute atomic E-state index is 0.0746. The van der Waals surface area contributed by atoms with E-state index in [0.29, 0.717) is 66.2 Å². The Hall–Kier alpha value is -5.64. The molecule has 12 heteroatoms. The van der Waals surface area contributed by atoms with Gasteiger partial charge in [0.2, 0.25) is 5.91 Å². The van der Waals surface area contributed by atoms with Gasteiger partial charge in [-0.15, -0.1) is 0 Å². The van der Waals surface area contributed by atoms with E-state index in [0.717, 1.165) is 33.2 Å². The normalized spacial score (nSPS) is 10.9. The fourth-order valence-electron chi connectivity index (χ4n) is 5.84. The molecule has 0 radical (unpaired) electrons. The lowest BCUT2D eigenvalue weighted by Crippen LogP contribution is -2.14. The third kappa shape index (κ3) is 8.43. The third-order valence-electron chi connectivity index (χ3n) is 8.39. The number of nitrogens with one attached hydrogen (secondary N) is 4. The predicted molar refractivity (Wildman–Crippen MR) is 221 cm³/mol. The van der Waals surface area contributed by atoms with E-state index in [1.54, 1.807) is 42.5 Å². The molecule has 0 aliphatic rings. The van der Waals surface area contributed by atoms with Crippen LogP contribution in [0.2, 0.25) is 20.1 Å². The number of hydrogen-bond donors (Lipinski definition) is 4. The number of amides is 2. The first kappa shape index (κ1) is 36.7. The third-order valence-corrected chi connectivity index (χ3v) is 9.65. The van der Waals surface area contributed by atoms with Crippen LogP contribution in [0.15, 0.2) is 127 Å². The monoisotopic (exact) mass is 790 g/mol. The summed E-state index contributed by atoms with van der Waals surface area (Å²) in [5.41, 5.74) is 8.40. The van der Waals surface area contributed by atoms with E-state index in [1.165, 1.54) is 0 Å². The molecule has 268 valence electrons. The van der Waals surface area contributed by atoms with Gasteiger partial charge in [-0.25, -0.2) is 9.97 Å². The Morgan fingerprint density at radius 3 is 1.59 bits per heavy atom. The fraction of sp³-hybridized carbons (Fsp3) is 0.0476. The molecule has 0 bridgehead atoms. The summed E-state index contributed by atoms with van der Waals surface area (Å²) in [5, 5.41) is 7.92. The van der Waals surface area contributed by atoms with Crippen molar-refractivity contribution in [3.05, 3.63) is 164 Å². The van der Waals surface area contributed by atoms with Crippen LogP contribution in [0.5, 0.6) is 0 Å². The molecule has 0 aliphatic heterocycles. The Balaban J connectivity index is 0.000000167. The molecule has 4 N–H and O–H groups in total. The van der Waals surface area contributed by atoms with Crippen molar-refractivity contribution in [2.75, 3.05) is 10.6 Å². The molecule has 0 spiro atoms. The molecule has 8 nitrogen and oxygen atoms in total. The molecule has 0 atom stereocenters. The number of benzene rings is 6. The van der Waals surface area contributed by atoms with Gasteiger partial charge < -0.3 is 20.6 Å². The van der Waals surface area contributed by atoms with E-state index in [2.05, 4.69) is 30.6 Å². The number of fused-ring (bicyclic) bond motifs is 2. The number of aromatic nitrogens is 4. The van der Waals surface area contributed by atoms with Crippen molar-refractivity contribution in [2.45, 2.75) is 13.3 Å². The zero-order valence-electron chi connectivity index (χ0n) is 28.6. The number of carbonyl (C=O) groups excluding carboxylic acids is 2. The SMILES string of the molecule is Cc1cccc(C(=O)Nc2ccc3nc(-c4c(Cl)cccc4Cl)[nH]c3c2)c1.O=C(Cc1ccccc1)Nc1ccc2nc(-c3c(Cl)cccc3Cl)[nH]c2c1. The van der Waals surface area contributed by atoms with Gasteiger partial charge in [0.25, 0.3) is 5.91 Å². The van der Waals surface area contributed by atoms with Crippen molar-refractivity contribution in [3.63, 3.8) is 0 Å². The van der Waals surface area contributed by atoms with Gasteiger partial charge in [0.15, 0.2) is 0 Å². The second kappa shape index (κ2) is 16.2. The second-order valence-corrected chi connectivity index (χ2v) is 14.0. The average Bonchev–Trinajstić information content (AvgIpc) is 3.76. The Morgan fingerprint density at radius 2 is 1.07 bits per heavy atom. The van der Waals surface area contributed by atoms with Crippen LogP contribution in [0.1, 0.15) is 21.5 Å². The summed E-state index contributed by atoms with van der Waals surface area (Å²) in [6.45, 7) is 1.95. The van der Waals surface area contributed by atoms with E-state index >= 15 is 0 Å². The first-order chi connectivity index (χ1) is 26.1. The number of hydrogen-bond acceptors (Lipinski definition) is 4. The minimum Gasteiger partial charge on any atom is -0.338 e. The number of carbonyl (C=O) groups is 2. The average molecular weight is 793 g/mol. The Kier molecular flexibility index (Phi) is 11.0. The van der Waals surface area contributed by atoms with Gasteiger partial charge in [-0.1, -0.05) is 107 Å². The Labute approximate surface area is 330 Å². The van der Waals surface area contributed by atoms with Crippen LogP contribution >= 0.6 is 46.4 Å². The maximum absolute atomic E-state index is 12.4. The van der Waals surface area contributed by atoms with Crippen LogP contribution in [0, 0.1) is 6.92 Å². The van der Waals surface area contributed by atoms with Gasteiger partial charge in [-0.3, -0.25) is 9.59 Å². The summed E-state index contributed by atoms with van der Waals surface area (Å²) in [7, 11) is 0. The molecular weight excluding hydrogens is 762 g/mol. The Bertz CT molecular complexity index is 2620. The predicted octanol–water partition coefficient (Wildman–Crippen LogP) is 11.8. The van der Waals surface area contributed by atoms with Gasteiger partial charge in [-0.2, -0.15) is 0 Å². The summed E-state index contributed by atoms with van der Waals surface area (Å²) in [4.78, 5) is 40.3. The maximum atomic E-state index is 12.4. The number of nitrogens with zero attached hydrogens (tertiary/aromatic N) is 2. The van der Waals surface area contributed by atoms with Crippen molar-refractivity contribution in [2.24, 2.45) is 0 Å². The van der Waals surface area contributed by atoms with Crippen LogP contribution in [0.4, 0.5) is 11.4 Å². The zero-order valence-corrected chi connectivity index (χ0v) is 31.6. The van der Waals surface area contributed by atoms with Crippen molar-refractivity contribution in [1.82, 2.24) is 19.9 Å². The number of aromatic amines is 2. The largest absolute Gasteiger partial charge is 0.338 e. The van der Waals surface area contributed by atoms with Gasteiger partial charge in [-0.05, 0) is 85.3 Å². The highest BCUT2D eigenvalue weighted by molar-refractivity contribution is 6.39. The molecule has 2 heterocycles. The standard InChI is InChI=1S/2C21H15Cl2N3O/c1-12-4-2-5-13(10-12)21(27)24-14-8-9-17-18(11-14)26-20(25-17)19-15(22)6-3-7-16(19)23;22-15-7-4-8-16(23)20(15)21-25-17-10-9-14(12-18(17)26-21)24-19(27)11-13-5-2-1-3-6-13/h2-11H,1H3,(H,24,27)(H,25,26);1-10,12H,11H2,(H,24,27)(H,25,26). The smallest absolute Gasteiger partial charge is 0.255 e. The topological polar surface area (TPSA) is 116 Å². The summed E-state index contributed by atoms with van der Waals surface area (Å²) in [5.74, 6) is 0.942. The first-order valence-corrected chi connectivity index (χ1v) is 18.2. The molecule has 6 aromatic carbocycles. The highest BCUT2D eigenvalue weighted by Crippen LogP contribution is 2.35. The van der Waals surface area contributed by atoms with Crippen molar-refractivity contribution in [3.8, 4) is 22.8 Å². The van der Waals surface area contributed by atoms with Gasteiger partial charge in [0, 0.05) is 16.9 Å². The van der Waals surface area contributed by atoms with E-state index in [9.17, 15) is 9.59 Å². The van der Waals surface area contributed by atoms with E-state index in [4.69, 9.17) is 46.4 Å². The van der Waals surface area contributed by atoms with Crippen molar-refractivity contribution < 1.29 is 9.59 Å². The molecule has 54 heavy (non-hydrogen) atoms. The van der Waals surface area contributed by atoms with Crippen LogP contribution in [-0.2, 0) is 11.2 Å². The minimum atomic E-state index is -0.160. The summed E-state index contributed by atoms with van der Waals surface area (Å²) in [6.07, 6.45) is 0.322. The summed E-state index contributed by atoms with van der Waals surface area (Å²) < 4.78 is 0. The lowest BCUT2D eigenvalue weighted by atomic mass is 10.1. The molecule has 0 fully saturated rings. The van der Waals surface area contributed by atoms with Crippen molar-refractivity contribution in [1.29, 1.82) is 0 Å². The molecule has 0 saturated carbocycles. The lowest BCUT2D eigenvalue weighted by molar-refractivity contribution is -0.115. The fourth-order valence-corrected chi connectivity index (χ4v) is 6.99. The zero-order chi connectivity index (χ0) is 37.8. The quantitative estimate of drug-likeness (QED) is 0.129. The van der Waals surface area contributed by atoms with E-state index in [-0.39, 0.29) is 11.8 Å². The number of H-pyrrole nitrogens is 2. The lowest BCUT2D eigenvalue weighted by Gasteiger charge is -2.06. The van der Waals surface area contributed by atoms with Gasteiger partial charge in [0.1, 0.15) is 11.6 Å². The molecule has 8 aromatic rings. The molecule has 2 aromatic heterocycles. The van der Waals surface area contributed by atoms with Crippen LogP contribution in [0.25, 0.3) is 44.8 Å².